The van der Waals surface area contributed by atoms with Crippen LogP contribution in [0.4, 0.5) is 5.69 Å². The van der Waals surface area contributed by atoms with Crippen molar-refractivity contribution in [2.24, 2.45) is 0 Å². The van der Waals surface area contributed by atoms with Crippen molar-refractivity contribution in [2.75, 3.05) is 36.5 Å². The number of anilines is 1. The third kappa shape index (κ3) is 5.78. The van der Waals surface area contributed by atoms with Crippen LogP contribution in [0.3, 0.4) is 0 Å². The molecule has 5 heteroatoms. The molecule has 0 saturated carbocycles. The van der Waals surface area contributed by atoms with Crippen molar-refractivity contribution in [1.29, 1.82) is 5.26 Å². The van der Waals surface area contributed by atoms with Gasteiger partial charge in [-0.05, 0) is 49.9 Å². The standard InChI is InChI=1S/C16H21N3OS/c17-13-14-4-1-5-15(12-14)18-16(20)6-2-7-19-8-3-10-21-11-9-19/h1,4-5,12H,2-3,6-11H2,(H,18,20). The zero-order chi connectivity index (χ0) is 14.9. The fourth-order valence-corrected chi connectivity index (χ4v) is 3.30. The number of hydrogen-bond donors (Lipinski definition) is 1. The van der Waals surface area contributed by atoms with Crippen LogP contribution in [-0.2, 0) is 4.79 Å². The third-order valence-corrected chi connectivity index (χ3v) is 4.52. The Balaban J connectivity index is 1.70. The largest absolute Gasteiger partial charge is 0.326 e. The summed E-state index contributed by atoms with van der Waals surface area (Å²) in [6, 6.07) is 9.09. The Bertz CT molecular complexity index is 504. The van der Waals surface area contributed by atoms with Crippen LogP contribution in [0, 0.1) is 11.3 Å². The quantitative estimate of drug-likeness (QED) is 0.908. The molecule has 1 aliphatic rings. The number of thioether (sulfide) groups is 1. The summed E-state index contributed by atoms with van der Waals surface area (Å²) in [5, 5.41) is 11.7. The topological polar surface area (TPSA) is 56.1 Å². The van der Waals surface area contributed by atoms with E-state index in [9.17, 15) is 4.79 Å². The second kappa shape index (κ2) is 8.71. The van der Waals surface area contributed by atoms with Gasteiger partial charge in [0.15, 0.2) is 0 Å². The molecule has 0 aliphatic carbocycles. The van der Waals surface area contributed by atoms with E-state index in [-0.39, 0.29) is 5.91 Å². The maximum absolute atomic E-state index is 11.9. The fraction of sp³-hybridized carbons (Fsp3) is 0.500. The molecule has 4 nitrogen and oxygen atoms in total. The lowest BCUT2D eigenvalue weighted by Crippen LogP contribution is -2.27. The summed E-state index contributed by atoms with van der Waals surface area (Å²) in [6.45, 7) is 3.28. The predicted octanol–water partition coefficient (Wildman–Crippen LogP) is 2.72. The summed E-state index contributed by atoms with van der Waals surface area (Å²) in [5.41, 5.74) is 1.26. The Labute approximate surface area is 130 Å². The van der Waals surface area contributed by atoms with Crippen LogP contribution in [0.5, 0.6) is 0 Å². The van der Waals surface area contributed by atoms with E-state index in [1.165, 1.54) is 17.9 Å². The Morgan fingerprint density at radius 3 is 3.14 bits per heavy atom. The van der Waals surface area contributed by atoms with Crippen LogP contribution in [-0.4, -0.2) is 41.9 Å². The number of carbonyl (C=O) groups excluding carboxylic acids is 1. The van der Waals surface area contributed by atoms with E-state index in [1.54, 1.807) is 18.2 Å². The molecule has 1 heterocycles. The van der Waals surface area contributed by atoms with E-state index >= 15 is 0 Å². The van der Waals surface area contributed by atoms with E-state index in [2.05, 4.69) is 16.3 Å². The second-order valence-electron chi connectivity index (χ2n) is 5.15. The van der Waals surface area contributed by atoms with Crippen LogP contribution >= 0.6 is 11.8 Å². The van der Waals surface area contributed by atoms with Crippen LogP contribution in [0.1, 0.15) is 24.8 Å². The van der Waals surface area contributed by atoms with Crippen LogP contribution < -0.4 is 5.32 Å². The van der Waals surface area contributed by atoms with Crippen molar-refractivity contribution in [3.8, 4) is 6.07 Å². The van der Waals surface area contributed by atoms with Gasteiger partial charge in [0.25, 0.3) is 0 Å². The number of hydrogen-bond acceptors (Lipinski definition) is 4. The molecule has 1 aromatic rings. The Hall–Kier alpha value is -1.51. The van der Waals surface area contributed by atoms with Crippen molar-refractivity contribution in [3.05, 3.63) is 29.8 Å². The first-order valence-corrected chi connectivity index (χ1v) is 8.53. The minimum absolute atomic E-state index is 0.0225. The molecule has 1 aliphatic heterocycles. The zero-order valence-electron chi connectivity index (χ0n) is 12.2. The highest BCUT2D eigenvalue weighted by molar-refractivity contribution is 7.99. The normalized spacial score (nSPS) is 16.0. The van der Waals surface area contributed by atoms with Crippen molar-refractivity contribution < 1.29 is 4.79 Å². The van der Waals surface area contributed by atoms with Gasteiger partial charge in [-0.15, -0.1) is 0 Å². The highest BCUT2D eigenvalue weighted by atomic mass is 32.2. The summed E-state index contributed by atoms with van der Waals surface area (Å²) >= 11 is 2.02. The van der Waals surface area contributed by atoms with Gasteiger partial charge < -0.3 is 10.2 Å². The molecule has 0 spiro atoms. The SMILES string of the molecule is N#Cc1cccc(NC(=O)CCCN2CCCSCC2)c1. The first kappa shape index (κ1) is 15.9. The molecule has 1 N–H and O–H groups in total. The van der Waals surface area contributed by atoms with Gasteiger partial charge >= 0.3 is 0 Å². The van der Waals surface area contributed by atoms with Crippen molar-refractivity contribution >= 4 is 23.4 Å². The van der Waals surface area contributed by atoms with Crippen molar-refractivity contribution in [3.63, 3.8) is 0 Å². The van der Waals surface area contributed by atoms with Crippen molar-refractivity contribution in [1.82, 2.24) is 4.90 Å². The lowest BCUT2D eigenvalue weighted by molar-refractivity contribution is -0.116. The zero-order valence-corrected chi connectivity index (χ0v) is 13.0. The lowest BCUT2D eigenvalue weighted by atomic mass is 10.2. The molecule has 0 radical (unpaired) electrons. The smallest absolute Gasteiger partial charge is 0.224 e. The Morgan fingerprint density at radius 2 is 2.29 bits per heavy atom. The Kier molecular flexibility index (Phi) is 6.58. The molecule has 0 bridgehead atoms. The maximum Gasteiger partial charge on any atom is 0.224 e. The van der Waals surface area contributed by atoms with Gasteiger partial charge in [0.1, 0.15) is 0 Å². The van der Waals surface area contributed by atoms with Gasteiger partial charge in [-0.2, -0.15) is 17.0 Å². The number of amides is 1. The third-order valence-electron chi connectivity index (χ3n) is 3.47. The van der Waals surface area contributed by atoms with Gasteiger partial charge in [-0.3, -0.25) is 4.79 Å². The average molecular weight is 303 g/mol. The van der Waals surface area contributed by atoms with Gasteiger partial charge in [-0.1, -0.05) is 6.07 Å². The van der Waals surface area contributed by atoms with Gasteiger partial charge in [0.05, 0.1) is 11.6 Å². The summed E-state index contributed by atoms with van der Waals surface area (Å²) < 4.78 is 0. The van der Waals surface area contributed by atoms with Gasteiger partial charge in [0.2, 0.25) is 5.91 Å². The van der Waals surface area contributed by atoms with Crippen LogP contribution in [0.25, 0.3) is 0 Å². The summed E-state index contributed by atoms with van der Waals surface area (Å²) in [7, 11) is 0. The molecule has 0 aromatic heterocycles. The minimum atomic E-state index is 0.0225. The highest BCUT2D eigenvalue weighted by Gasteiger charge is 2.10. The van der Waals surface area contributed by atoms with E-state index in [4.69, 9.17) is 5.26 Å². The van der Waals surface area contributed by atoms with E-state index < -0.39 is 0 Å². The molecule has 1 saturated heterocycles. The molecule has 0 unspecified atom stereocenters. The van der Waals surface area contributed by atoms with E-state index in [1.807, 2.05) is 17.8 Å². The summed E-state index contributed by atoms with van der Waals surface area (Å²) in [4.78, 5) is 14.4. The van der Waals surface area contributed by atoms with E-state index in [0.29, 0.717) is 17.7 Å². The number of nitriles is 1. The molecule has 0 atom stereocenters. The molecular formula is C16H21N3OS. The second-order valence-corrected chi connectivity index (χ2v) is 6.38. The molecule has 21 heavy (non-hydrogen) atoms. The molecule has 1 aromatic carbocycles. The fourth-order valence-electron chi connectivity index (χ4n) is 2.37. The molecule has 1 fully saturated rings. The molecule has 2 rings (SSSR count). The maximum atomic E-state index is 11.9. The average Bonchev–Trinajstić information content (AvgIpc) is 2.76. The monoisotopic (exact) mass is 303 g/mol. The minimum Gasteiger partial charge on any atom is -0.326 e. The number of nitrogens with one attached hydrogen (secondary N) is 1. The lowest BCUT2D eigenvalue weighted by Gasteiger charge is -2.18. The summed E-state index contributed by atoms with van der Waals surface area (Å²) in [5.74, 6) is 2.48. The first-order chi connectivity index (χ1) is 10.3. The first-order valence-electron chi connectivity index (χ1n) is 7.38. The highest BCUT2D eigenvalue weighted by Crippen LogP contribution is 2.12. The Morgan fingerprint density at radius 1 is 1.38 bits per heavy atom. The molecule has 112 valence electrons. The van der Waals surface area contributed by atoms with Gasteiger partial charge in [-0.25, -0.2) is 0 Å². The number of carbonyl (C=O) groups is 1. The molecule has 1 amide bonds. The number of rotatable bonds is 5. The number of benzene rings is 1. The predicted molar refractivity (Wildman–Crippen MR) is 87.4 cm³/mol. The summed E-state index contributed by atoms with van der Waals surface area (Å²) in [6.07, 6.45) is 2.66. The number of nitrogens with zero attached hydrogens (tertiary/aromatic N) is 2. The van der Waals surface area contributed by atoms with Crippen LogP contribution in [0.2, 0.25) is 0 Å². The molecular weight excluding hydrogens is 282 g/mol. The van der Waals surface area contributed by atoms with E-state index in [0.717, 1.165) is 26.1 Å². The van der Waals surface area contributed by atoms with Gasteiger partial charge in [0, 0.05) is 24.4 Å². The van der Waals surface area contributed by atoms with Crippen LogP contribution in [0.15, 0.2) is 24.3 Å². The van der Waals surface area contributed by atoms with Crippen molar-refractivity contribution in [2.45, 2.75) is 19.3 Å².